The zero-order valence-electron chi connectivity index (χ0n) is 10.2. The molecule has 2 aromatic rings. The molecule has 1 aromatic heterocycles. The summed E-state index contributed by atoms with van der Waals surface area (Å²) in [5.74, 6) is 1.07. The summed E-state index contributed by atoms with van der Waals surface area (Å²) in [5, 5.41) is 4.51. The number of nitrogens with one attached hydrogen (secondary N) is 1. The average Bonchev–Trinajstić information content (AvgIpc) is 2.76. The van der Waals surface area contributed by atoms with Crippen LogP contribution in [0.2, 0.25) is 0 Å². The number of fused-ring (bicyclic) bond motifs is 1. The van der Waals surface area contributed by atoms with Gasteiger partial charge in [0.2, 0.25) is 0 Å². The van der Waals surface area contributed by atoms with Gasteiger partial charge in [-0.05, 0) is 25.1 Å². The van der Waals surface area contributed by atoms with Crippen LogP contribution in [0.25, 0.3) is 11.0 Å². The lowest BCUT2D eigenvalue weighted by atomic mass is 10.2. The largest absolute Gasteiger partial charge is 0.461 e. The van der Waals surface area contributed by atoms with Crippen LogP contribution in [0.3, 0.4) is 0 Å². The molecule has 0 aliphatic heterocycles. The molecule has 2 rings (SSSR count). The molecule has 92 valence electrons. The van der Waals surface area contributed by atoms with Gasteiger partial charge in [0.25, 0.3) is 0 Å². The van der Waals surface area contributed by atoms with Gasteiger partial charge >= 0.3 is 0 Å². The molecule has 1 heterocycles. The Bertz CT molecular complexity index is 417. The molecule has 0 aliphatic carbocycles. The summed E-state index contributed by atoms with van der Waals surface area (Å²) in [6.07, 6.45) is 2.07. The van der Waals surface area contributed by atoms with E-state index in [2.05, 4.69) is 17.4 Å². The SMILES string of the molecule is COCCNCCCc1cc2ccccc2o1. The van der Waals surface area contributed by atoms with Crippen LogP contribution in [0.1, 0.15) is 12.2 Å². The monoisotopic (exact) mass is 233 g/mol. The number of hydrogen-bond acceptors (Lipinski definition) is 3. The van der Waals surface area contributed by atoms with E-state index in [1.807, 2.05) is 18.2 Å². The summed E-state index contributed by atoms with van der Waals surface area (Å²) in [6, 6.07) is 10.3. The maximum atomic E-state index is 5.74. The number of rotatable bonds is 7. The Kier molecular flexibility index (Phi) is 4.59. The van der Waals surface area contributed by atoms with Crippen molar-refractivity contribution >= 4 is 11.0 Å². The van der Waals surface area contributed by atoms with Crippen LogP contribution < -0.4 is 5.32 Å². The Labute approximate surface area is 102 Å². The van der Waals surface area contributed by atoms with Gasteiger partial charge in [0.15, 0.2) is 0 Å². The van der Waals surface area contributed by atoms with E-state index in [0.717, 1.165) is 43.9 Å². The van der Waals surface area contributed by atoms with Crippen LogP contribution in [-0.2, 0) is 11.2 Å². The summed E-state index contributed by atoms with van der Waals surface area (Å²) in [7, 11) is 1.72. The molecular formula is C14H19NO2. The maximum absolute atomic E-state index is 5.74. The van der Waals surface area contributed by atoms with Crippen LogP contribution in [0.15, 0.2) is 34.7 Å². The highest BCUT2D eigenvalue weighted by atomic mass is 16.5. The summed E-state index contributed by atoms with van der Waals surface area (Å²) >= 11 is 0. The van der Waals surface area contributed by atoms with Crippen molar-refractivity contribution in [1.82, 2.24) is 5.32 Å². The van der Waals surface area contributed by atoms with Crippen LogP contribution in [0.4, 0.5) is 0 Å². The number of methoxy groups -OCH3 is 1. The lowest BCUT2D eigenvalue weighted by Crippen LogP contribution is -2.20. The third kappa shape index (κ3) is 3.58. The molecule has 3 heteroatoms. The smallest absolute Gasteiger partial charge is 0.134 e. The normalized spacial score (nSPS) is 11.1. The van der Waals surface area contributed by atoms with Gasteiger partial charge in [-0.2, -0.15) is 0 Å². The van der Waals surface area contributed by atoms with Crippen molar-refractivity contribution in [2.45, 2.75) is 12.8 Å². The molecular weight excluding hydrogens is 214 g/mol. The van der Waals surface area contributed by atoms with Crippen molar-refractivity contribution in [1.29, 1.82) is 0 Å². The molecule has 0 atom stereocenters. The third-order valence-corrected chi connectivity index (χ3v) is 2.74. The molecule has 0 unspecified atom stereocenters. The highest BCUT2D eigenvalue weighted by Crippen LogP contribution is 2.19. The van der Waals surface area contributed by atoms with E-state index < -0.39 is 0 Å². The van der Waals surface area contributed by atoms with E-state index in [9.17, 15) is 0 Å². The Morgan fingerprint density at radius 1 is 1.24 bits per heavy atom. The van der Waals surface area contributed by atoms with Crippen molar-refractivity contribution in [3.63, 3.8) is 0 Å². The second-order valence-corrected chi connectivity index (χ2v) is 4.10. The van der Waals surface area contributed by atoms with Gasteiger partial charge < -0.3 is 14.5 Å². The number of aryl methyl sites for hydroxylation is 1. The zero-order chi connectivity index (χ0) is 11.9. The highest BCUT2D eigenvalue weighted by Gasteiger charge is 2.02. The topological polar surface area (TPSA) is 34.4 Å². The minimum atomic E-state index is 0.768. The number of benzene rings is 1. The fourth-order valence-corrected chi connectivity index (χ4v) is 1.85. The predicted octanol–water partition coefficient (Wildman–Crippen LogP) is 2.60. The quantitative estimate of drug-likeness (QED) is 0.746. The minimum Gasteiger partial charge on any atom is -0.461 e. The van der Waals surface area contributed by atoms with Crippen LogP contribution in [0, 0.1) is 0 Å². The molecule has 0 radical (unpaired) electrons. The number of furan rings is 1. The first-order valence-corrected chi connectivity index (χ1v) is 6.07. The molecule has 3 nitrogen and oxygen atoms in total. The summed E-state index contributed by atoms with van der Waals surface area (Å²) < 4.78 is 10.7. The van der Waals surface area contributed by atoms with E-state index in [1.165, 1.54) is 5.39 Å². The maximum Gasteiger partial charge on any atom is 0.134 e. The summed E-state index contributed by atoms with van der Waals surface area (Å²) in [6.45, 7) is 2.68. The standard InChI is InChI=1S/C14H19NO2/c1-16-10-9-15-8-4-6-13-11-12-5-2-3-7-14(12)17-13/h2-3,5,7,11,15H,4,6,8-10H2,1H3. The molecule has 0 spiro atoms. The van der Waals surface area contributed by atoms with Gasteiger partial charge in [-0.25, -0.2) is 0 Å². The molecule has 0 aliphatic rings. The van der Waals surface area contributed by atoms with Crippen LogP contribution in [-0.4, -0.2) is 26.8 Å². The molecule has 0 bridgehead atoms. The molecule has 17 heavy (non-hydrogen) atoms. The Hall–Kier alpha value is -1.32. The Morgan fingerprint density at radius 2 is 2.12 bits per heavy atom. The molecule has 1 aromatic carbocycles. The van der Waals surface area contributed by atoms with Gasteiger partial charge in [0.1, 0.15) is 11.3 Å². The van der Waals surface area contributed by atoms with E-state index in [0.29, 0.717) is 0 Å². The van der Waals surface area contributed by atoms with Crippen molar-refractivity contribution in [3.05, 3.63) is 36.1 Å². The lowest BCUT2D eigenvalue weighted by molar-refractivity contribution is 0.199. The Morgan fingerprint density at radius 3 is 2.94 bits per heavy atom. The van der Waals surface area contributed by atoms with Gasteiger partial charge in [-0.1, -0.05) is 18.2 Å². The fourth-order valence-electron chi connectivity index (χ4n) is 1.85. The van der Waals surface area contributed by atoms with E-state index in [1.54, 1.807) is 7.11 Å². The first-order valence-electron chi connectivity index (χ1n) is 6.07. The second-order valence-electron chi connectivity index (χ2n) is 4.10. The molecule has 1 N–H and O–H groups in total. The van der Waals surface area contributed by atoms with Crippen molar-refractivity contribution in [2.24, 2.45) is 0 Å². The third-order valence-electron chi connectivity index (χ3n) is 2.74. The first-order chi connectivity index (χ1) is 8.40. The van der Waals surface area contributed by atoms with Gasteiger partial charge in [-0.3, -0.25) is 0 Å². The number of hydrogen-bond donors (Lipinski definition) is 1. The number of ether oxygens (including phenoxy) is 1. The first kappa shape index (κ1) is 12.1. The van der Waals surface area contributed by atoms with Crippen LogP contribution >= 0.6 is 0 Å². The minimum absolute atomic E-state index is 0.768. The summed E-state index contributed by atoms with van der Waals surface area (Å²) in [4.78, 5) is 0. The van der Waals surface area contributed by atoms with Gasteiger partial charge in [0.05, 0.1) is 6.61 Å². The van der Waals surface area contributed by atoms with Gasteiger partial charge in [-0.15, -0.1) is 0 Å². The second kappa shape index (κ2) is 6.42. The highest BCUT2D eigenvalue weighted by molar-refractivity contribution is 5.77. The van der Waals surface area contributed by atoms with E-state index >= 15 is 0 Å². The summed E-state index contributed by atoms with van der Waals surface area (Å²) in [5.41, 5.74) is 0.981. The van der Waals surface area contributed by atoms with E-state index in [-0.39, 0.29) is 0 Å². The van der Waals surface area contributed by atoms with Crippen molar-refractivity contribution in [2.75, 3.05) is 26.8 Å². The van der Waals surface area contributed by atoms with Crippen molar-refractivity contribution < 1.29 is 9.15 Å². The number of para-hydroxylation sites is 1. The fraction of sp³-hybridized carbons (Fsp3) is 0.429. The van der Waals surface area contributed by atoms with Crippen molar-refractivity contribution in [3.8, 4) is 0 Å². The lowest BCUT2D eigenvalue weighted by Gasteiger charge is -2.02. The predicted molar refractivity (Wildman–Crippen MR) is 69.3 cm³/mol. The van der Waals surface area contributed by atoms with Gasteiger partial charge in [0, 0.05) is 25.5 Å². The molecule has 0 saturated heterocycles. The van der Waals surface area contributed by atoms with E-state index in [4.69, 9.17) is 9.15 Å². The van der Waals surface area contributed by atoms with Crippen LogP contribution in [0.5, 0.6) is 0 Å². The molecule has 0 amide bonds. The molecule has 0 fully saturated rings. The average molecular weight is 233 g/mol. The molecule has 0 saturated carbocycles. The zero-order valence-corrected chi connectivity index (χ0v) is 10.2. The Balaban J connectivity index is 1.75.